The van der Waals surface area contributed by atoms with Gasteiger partial charge < -0.3 is 9.47 Å². The monoisotopic (exact) mass is 429 g/mol. The van der Waals surface area contributed by atoms with Crippen LogP contribution in [0, 0.1) is 10.8 Å². The van der Waals surface area contributed by atoms with Crippen molar-refractivity contribution in [1.29, 1.82) is 0 Å². The van der Waals surface area contributed by atoms with E-state index in [1.807, 2.05) is 47.6 Å². The lowest BCUT2D eigenvalue weighted by molar-refractivity contribution is -0.145. The zero-order valence-electron chi connectivity index (χ0n) is 20.3. The number of fused-ring (bicyclic) bond motifs is 3. The molecule has 0 aromatic heterocycles. The molecule has 2 atom stereocenters. The van der Waals surface area contributed by atoms with Crippen LogP contribution >= 0.6 is 0 Å². The van der Waals surface area contributed by atoms with E-state index in [4.69, 9.17) is 9.47 Å². The molecule has 0 amide bonds. The predicted octanol–water partition coefficient (Wildman–Crippen LogP) is 5.49. The molecule has 5 nitrogen and oxygen atoms in total. The number of piperidine rings is 1. The normalized spacial score (nSPS) is 21.8. The fourth-order valence-electron chi connectivity index (χ4n) is 4.65. The number of carbonyl (C=O) groups excluding carboxylic acids is 2. The molecule has 0 unspecified atom stereocenters. The second kappa shape index (κ2) is 8.93. The molecular formula is C26H39NO4. The Hall–Kier alpha value is -1.88. The van der Waals surface area contributed by atoms with Crippen LogP contribution in [-0.2, 0) is 16.0 Å². The quantitative estimate of drug-likeness (QED) is 0.468. The summed E-state index contributed by atoms with van der Waals surface area (Å²) >= 11 is 0. The third kappa shape index (κ3) is 5.14. The Labute approximate surface area is 187 Å². The molecule has 3 rings (SSSR count). The number of rotatable bonds is 4. The molecule has 1 aromatic carbocycles. The van der Waals surface area contributed by atoms with Gasteiger partial charge in [-0.3, -0.25) is 14.5 Å². The molecule has 0 spiro atoms. The van der Waals surface area contributed by atoms with E-state index in [2.05, 4.69) is 17.9 Å². The van der Waals surface area contributed by atoms with Crippen molar-refractivity contribution in [2.75, 3.05) is 13.1 Å². The van der Waals surface area contributed by atoms with Gasteiger partial charge in [-0.1, -0.05) is 13.0 Å². The van der Waals surface area contributed by atoms with Gasteiger partial charge in [0.2, 0.25) is 0 Å². The Balaban J connectivity index is 2.02. The minimum atomic E-state index is -0.645. The summed E-state index contributed by atoms with van der Waals surface area (Å²) in [5, 5.41) is 0. The number of esters is 2. The molecule has 1 heterocycles. The predicted molar refractivity (Wildman–Crippen MR) is 123 cm³/mol. The van der Waals surface area contributed by atoms with Gasteiger partial charge in [0.15, 0.2) is 11.5 Å². The van der Waals surface area contributed by atoms with E-state index in [-0.39, 0.29) is 11.9 Å². The van der Waals surface area contributed by atoms with Crippen LogP contribution in [0.4, 0.5) is 0 Å². The second-order valence-corrected chi connectivity index (χ2v) is 11.1. The zero-order valence-corrected chi connectivity index (χ0v) is 20.3. The number of hydrogen-bond acceptors (Lipinski definition) is 5. The number of ether oxygens (including phenoxy) is 2. The number of nitrogens with zero attached hydrogens (tertiary/aromatic N) is 1. The van der Waals surface area contributed by atoms with Crippen molar-refractivity contribution in [3.63, 3.8) is 0 Å². The van der Waals surface area contributed by atoms with Gasteiger partial charge in [0.1, 0.15) is 0 Å². The summed E-state index contributed by atoms with van der Waals surface area (Å²) in [6.07, 6.45) is 5.34. The van der Waals surface area contributed by atoms with Gasteiger partial charge in [0.05, 0.1) is 10.8 Å². The van der Waals surface area contributed by atoms with E-state index >= 15 is 0 Å². The van der Waals surface area contributed by atoms with E-state index in [9.17, 15) is 9.59 Å². The molecular weight excluding hydrogens is 390 g/mol. The Kier molecular flexibility index (Phi) is 6.85. The van der Waals surface area contributed by atoms with Crippen LogP contribution in [0.25, 0.3) is 0 Å². The van der Waals surface area contributed by atoms with Crippen LogP contribution in [0.15, 0.2) is 12.1 Å². The number of benzene rings is 1. The molecule has 31 heavy (non-hydrogen) atoms. The van der Waals surface area contributed by atoms with E-state index in [1.54, 1.807) is 0 Å². The molecule has 0 saturated carbocycles. The summed E-state index contributed by atoms with van der Waals surface area (Å²) in [4.78, 5) is 28.0. The van der Waals surface area contributed by atoms with Crippen LogP contribution in [0.2, 0.25) is 0 Å². The van der Waals surface area contributed by atoms with Crippen LogP contribution < -0.4 is 9.47 Å². The fourth-order valence-corrected chi connectivity index (χ4v) is 4.65. The van der Waals surface area contributed by atoms with Crippen molar-refractivity contribution in [2.24, 2.45) is 10.8 Å². The highest BCUT2D eigenvalue weighted by Crippen LogP contribution is 2.47. The molecule has 0 N–H and O–H groups in total. The first-order chi connectivity index (χ1) is 14.4. The lowest BCUT2D eigenvalue weighted by atomic mass is 9.74. The summed E-state index contributed by atoms with van der Waals surface area (Å²) in [5.41, 5.74) is 1.00. The molecule has 5 heteroatoms. The van der Waals surface area contributed by atoms with E-state index < -0.39 is 10.8 Å². The van der Waals surface area contributed by atoms with Gasteiger partial charge >= 0.3 is 11.9 Å². The maximum absolute atomic E-state index is 12.8. The Morgan fingerprint density at radius 1 is 1.00 bits per heavy atom. The second-order valence-electron chi connectivity index (χ2n) is 11.1. The summed E-state index contributed by atoms with van der Waals surface area (Å²) in [5.74, 6) is 0.592. The van der Waals surface area contributed by atoms with Crippen molar-refractivity contribution < 1.29 is 19.1 Å². The van der Waals surface area contributed by atoms with Gasteiger partial charge in [-0.25, -0.2) is 0 Å². The van der Waals surface area contributed by atoms with Crippen molar-refractivity contribution in [2.45, 2.75) is 92.5 Å². The molecule has 1 fully saturated rings. The van der Waals surface area contributed by atoms with E-state index in [0.29, 0.717) is 23.5 Å². The SMILES string of the molecule is CCCN1CCC[C@H]2c3ccc(OC(=O)C(C)(C)C)c(OC(=O)C(C)(C)C)c3CC[C@@H]21. The van der Waals surface area contributed by atoms with Crippen LogP contribution in [-0.4, -0.2) is 36.0 Å². The molecule has 1 aliphatic heterocycles. The van der Waals surface area contributed by atoms with Gasteiger partial charge in [-0.15, -0.1) is 0 Å². The first-order valence-electron chi connectivity index (χ1n) is 11.8. The topological polar surface area (TPSA) is 55.8 Å². The van der Waals surface area contributed by atoms with Crippen molar-refractivity contribution >= 4 is 11.9 Å². The molecule has 1 aliphatic carbocycles. The first kappa shape index (κ1) is 23.8. The Morgan fingerprint density at radius 3 is 2.26 bits per heavy atom. The van der Waals surface area contributed by atoms with Crippen LogP contribution in [0.3, 0.4) is 0 Å². The van der Waals surface area contributed by atoms with Crippen LogP contribution in [0.5, 0.6) is 11.5 Å². The number of likely N-dealkylation sites (tertiary alicyclic amines) is 1. The highest BCUT2D eigenvalue weighted by Gasteiger charge is 2.39. The van der Waals surface area contributed by atoms with Crippen molar-refractivity contribution in [1.82, 2.24) is 4.90 Å². The summed E-state index contributed by atoms with van der Waals surface area (Å²) in [6.45, 7) is 15.5. The maximum Gasteiger partial charge on any atom is 0.316 e. The third-order valence-electron chi connectivity index (χ3n) is 6.38. The number of carbonyl (C=O) groups is 2. The lowest BCUT2D eigenvalue weighted by Crippen LogP contribution is -2.46. The zero-order chi connectivity index (χ0) is 23.0. The highest BCUT2D eigenvalue weighted by atomic mass is 16.6. The Bertz CT molecular complexity index is 829. The summed E-state index contributed by atoms with van der Waals surface area (Å²) in [6, 6.07) is 4.46. The van der Waals surface area contributed by atoms with Gasteiger partial charge in [0, 0.05) is 11.6 Å². The molecule has 2 aliphatic rings. The van der Waals surface area contributed by atoms with E-state index in [0.717, 1.165) is 44.3 Å². The minimum Gasteiger partial charge on any atom is -0.422 e. The first-order valence-corrected chi connectivity index (χ1v) is 11.8. The van der Waals surface area contributed by atoms with Crippen LogP contribution in [0.1, 0.15) is 91.2 Å². The average molecular weight is 430 g/mol. The maximum atomic E-state index is 12.8. The molecule has 0 bridgehead atoms. The van der Waals surface area contributed by atoms with Crippen molar-refractivity contribution in [3.8, 4) is 11.5 Å². The average Bonchev–Trinajstić information content (AvgIpc) is 2.68. The van der Waals surface area contributed by atoms with Crippen molar-refractivity contribution in [3.05, 3.63) is 23.3 Å². The molecule has 1 aromatic rings. The Morgan fingerprint density at radius 2 is 1.65 bits per heavy atom. The third-order valence-corrected chi connectivity index (χ3v) is 6.38. The standard InChI is InChI=1S/C26H39NO4/c1-8-15-27-16-9-10-18-17-12-14-21(30-23(28)25(2,3)4)22(19(17)11-13-20(18)27)31-24(29)26(5,6)7/h12,14,18,20H,8-11,13,15-16H2,1-7H3/t18-,20-/m0/s1. The van der Waals surface area contributed by atoms with E-state index in [1.165, 1.54) is 12.0 Å². The smallest absolute Gasteiger partial charge is 0.316 e. The van der Waals surface area contributed by atoms with Gasteiger partial charge in [-0.2, -0.15) is 0 Å². The molecule has 0 radical (unpaired) electrons. The fraction of sp³-hybridized carbons (Fsp3) is 0.692. The minimum absolute atomic E-state index is 0.313. The summed E-state index contributed by atoms with van der Waals surface area (Å²) < 4.78 is 11.7. The number of hydrogen-bond donors (Lipinski definition) is 0. The molecule has 172 valence electrons. The largest absolute Gasteiger partial charge is 0.422 e. The lowest BCUT2D eigenvalue weighted by Gasteiger charge is -2.45. The summed E-state index contributed by atoms with van der Waals surface area (Å²) in [7, 11) is 0. The highest BCUT2D eigenvalue weighted by molar-refractivity contribution is 5.82. The van der Waals surface area contributed by atoms with Gasteiger partial charge in [0.25, 0.3) is 0 Å². The van der Waals surface area contributed by atoms with Gasteiger partial charge in [-0.05, 0) is 104 Å². The molecule has 1 saturated heterocycles.